The number of benzene rings is 1. The minimum Gasteiger partial charge on any atom is -0.346 e. The maximum Gasteiger partial charge on any atom is 0.277 e. The van der Waals surface area contributed by atoms with Gasteiger partial charge in [0.05, 0.1) is 18.0 Å². The number of carbonyl (C=O) groups is 1. The van der Waals surface area contributed by atoms with Crippen LogP contribution in [0.4, 0.5) is 14.5 Å². The molecule has 0 bridgehead atoms. The Morgan fingerprint density at radius 1 is 1.47 bits per heavy atom. The molecule has 0 saturated heterocycles. The van der Waals surface area contributed by atoms with Crippen molar-refractivity contribution in [2.24, 2.45) is 5.73 Å². The SMILES string of the molecule is NCC(F)(F)CNC(=O)c1cc(Cl)cc([N+](=O)[O-])c1. The van der Waals surface area contributed by atoms with Gasteiger partial charge in [0, 0.05) is 22.7 Å². The second-order valence-electron chi connectivity index (χ2n) is 3.70. The summed E-state index contributed by atoms with van der Waals surface area (Å²) in [6.07, 6.45) is 0. The highest BCUT2D eigenvalue weighted by Crippen LogP contribution is 2.21. The van der Waals surface area contributed by atoms with Crippen molar-refractivity contribution in [1.82, 2.24) is 5.32 Å². The zero-order valence-corrected chi connectivity index (χ0v) is 10.3. The van der Waals surface area contributed by atoms with Gasteiger partial charge in [-0.3, -0.25) is 14.9 Å². The van der Waals surface area contributed by atoms with Crippen LogP contribution in [-0.2, 0) is 0 Å². The summed E-state index contributed by atoms with van der Waals surface area (Å²) >= 11 is 5.60. The first-order valence-corrected chi connectivity index (χ1v) is 5.44. The summed E-state index contributed by atoms with van der Waals surface area (Å²) < 4.78 is 25.7. The molecule has 1 rings (SSSR count). The minimum absolute atomic E-state index is 0.0371. The number of nitrogens with zero attached hydrogens (tertiary/aromatic N) is 1. The quantitative estimate of drug-likeness (QED) is 0.636. The summed E-state index contributed by atoms with van der Waals surface area (Å²) in [5.74, 6) is -4.13. The Balaban J connectivity index is 2.85. The highest BCUT2D eigenvalue weighted by Gasteiger charge is 2.27. The Morgan fingerprint density at radius 2 is 2.11 bits per heavy atom. The van der Waals surface area contributed by atoms with Crippen molar-refractivity contribution in [3.05, 3.63) is 38.9 Å². The van der Waals surface area contributed by atoms with Crippen LogP contribution in [0, 0.1) is 10.1 Å². The van der Waals surface area contributed by atoms with E-state index >= 15 is 0 Å². The lowest BCUT2D eigenvalue weighted by molar-refractivity contribution is -0.384. The van der Waals surface area contributed by atoms with Crippen molar-refractivity contribution < 1.29 is 18.5 Å². The number of nitro benzene ring substituents is 1. The molecular formula is C10H10ClF2N3O3. The van der Waals surface area contributed by atoms with E-state index in [1.807, 2.05) is 5.32 Å². The molecule has 1 aromatic carbocycles. The zero-order valence-electron chi connectivity index (χ0n) is 9.53. The molecule has 9 heteroatoms. The maximum atomic E-state index is 12.8. The molecular weight excluding hydrogens is 284 g/mol. The number of nitrogens with two attached hydrogens (primary N) is 1. The largest absolute Gasteiger partial charge is 0.346 e. The summed E-state index contributed by atoms with van der Waals surface area (Å²) in [5, 5.41) is 12.5. The van der Waals surface area contributed by atoms with E-state index in [1.54, 1.807) is 0 Å². The van der Waals surface area contributed by atoms with Gasteiger partial charge < -0.3 is 11.1 Å². The van der Waals surface area contributed by atoms with E-state index in [9.17, 15) is 23.7 Å². The van der Waals surface area contributed by atoms with Gasteiger partial charge in [0.15, 0.2) is 0 Å². The molecule has 0 unspecified atom stereocenters. The Bertz CT molecular complexity index is 511. The van der Waals surface area contributed by atoms with Gasteiger partial charge in [-0.25, -0.2) is 8.78 Å². The number of nitro groups is 1. The Labute approximate surface area is 111 Å². The molecule has 3 N–H and O–H groups in total. The first-order chi connectivity index (χ1) is 8.75. The van der Waals surface area contributed by atoms with Crippen molar-refractivity contribution in [1.29, 1.82) is 0 Å². The van der Waals surface area contributed by atoms with Gasteiger partial charge in [0.2, 0.25) is 0 Å². The second kappa shape index (κ2) is 5.89. The Morgan fingerprint density at radius 3 is 2.63 bits per heavy atom. The average molecular weight is 294 g/mol. The first-order valence-electron chi connectivity index (χ1n) is 5.06. The summed E-state index contributed by atoms with van der Waals surface area (Å²) in [6, 6.07) is 3.14. The van der Waals surface area contributed by atoms with E-state index in [4.69, 9.17) is 17.3 Å². The number of nitrogens with one attached hydrogen (secondary N) is 1. The lowest BCUT2D eigenvalue weighted by Crippen LogP contribution is -2.41. The fraction of sp³-hybridized carbons (Fsp3) is 0.300. The van der Waals surface area contributed by atoms with Crippen LogP contribution in [0.5, 0.6) is 0 Å². The van der Waals surface area contributed by atoms with Crippen LogP contribution in [-0.4, -0.2) is 29.8 Å². The predicted molar refractivity (Wildman–Crippen MR) is 64.4 cm³/mol. The number of rotatable bonds is 5. The highest BCUT2D eigenvalue weighted by molar-refractivity contribution is 6.31. The third-order valence-corrected chi connectivity index (χ3v) is 2.38. The minimum atomic E-state index is -3.24. The number of halogens is 3. The summed E-state index contributed by atoms with van der Waals surface area (Å²) in [7, 11) is 0. The zero-order chi connectivity index (χ0) is 14.6. The monoisotopic (exact) mass is 293 g/mol. The standard InChI is InChI=1S/C10H10ClF2N3O3/c11-7-1-6(2-8(3-7)16(18)19)9(17)15-5-10(12,13)4-14/h1-3H,4-5,14H2,(H,15,17). The van der Waals surface area contributed by atoms with Gasteiger partial charge in [-0.15, -0.1) is 0 Å². The molecule has 19 heavy (non-hydrogen) atoms. The highest BCUT2D eigenvalue weighted by atomic mass is 35.5. The number of hydrogen-bond acceptors (Lipinski definition) is 4. The van der Waals surface area contributed by atoms with Crippen molar-refractivity contribution >= 4 is 23.2 Å². The summed E-state index contributed by atoms with van der Waals surface area (Å²) in [6.45, 7) is -1.87. The number of hydrogen-bond donors (Lipinski definition) is 2. The van der Waals surface area contributed by atoms with Crippen molar-refractivity contribution in [3.8, 4) is 0 Å². The first kappa shape index (κ1) is 15.3. The molecule has 0 aromatic heterocycles. The summed E-state index contributed by atoms with van der Waals surface area (Å²) in [4.78, 5) is 21.4. The number of amides is 1. The molecule has 0 aliphatic heterocycles. The molecule has 104 valence electrons. The van der Waals surface area contributed by atoms with Crippen molar-refractivity contribution in [2.75, 3.05) is 13.1 Å². The molecule has 1 aromatic rings. The number of alkyl halides is 2. The van der Waals surface area contributed by atoms with Crippen LogP contribution in [0.1, 0.15) is 10.4 Å². The lowest BCUT2D eigenvalue weighted by atomic mass is 10.2. The van der Waals surface area contributed by atoms with Crippen molar-refractivity contribution in [2.45, 2.75) is 5.92 Å². The maximum absolute atomic E-state index is 12.8. The molecule has 0 aliphatic rings. The van der Waals surface area contributed by atoms with Gasteiger partial charge in [-0.05, 0) is 6.07 Å². The van der Waals surface area contributed by atoms with Crippen molar-refractivity contribution in [3.63, 3.8) is 0 Å². The van der Waals surface area contributed by atoms with E-state index < -0.39 is 35.5 Å². The lowest BCUT2D eigenvalue weighted by Gasteiger charge is -2.14. The fourth-order valence-corrected chi connectivity index (χ4v) is 1.42. The van der Waals surface area contributed by atoms with Crippen LogP contribution in [0.2, 0.25) is 5.02 Å². The van der Waals surface area contributed by atoms with Crippen LogP contribution in [0.15, 0.2) is 18.2 Å². The van der Waals surface area contributed by atoms with Gasteiger partial charge in [-0.1, -0.05) is 11.6 Å². The molecule has 0 radical (unpaired) electrons. The van der Waals surface area contributed by atoms with E-state index in [0.29, 0.717) is 0 Å². The second-order valence-corrected chi connectivity index (χ2v) is 4.13. The van der Waals surface area contributed by atoms with E-state index in [0.717, 1.165) is 18.2 Å². The molecule has 0 heterocycles. The molecule has 0 spiro atoms. The number of carbonyl (C=O) groups excluding carboxylic acids is 1. The van der Waals surface area contributed by atoms with E-state index in [2.05, 4.69) is 0 Å². The van der Waals surface area contributed by atoms with Gasteiger partial charge >= 0.3 is 0 Å². The Hall–Kier alpha value is -1.80. The normalized spacial score (nSPS) is 11.2. The average Bonchev–Trinajstić information content (AvgIpc) is 2.35. The molecule has 0 atom stereocenters. The molecule has 6 nitrogen and oxygen atoms in total. The number of non-ortho nitro benzene ring substituents is 1. The van der Waals surface area contributed by atoms with E-state index in [-0.39, 0.29) is 10.6 Å². The van der Waals surface area contributed by atoms with Crippen LogP contribution >= 0.6 is 11.6 Å². The van der Waals surface area contributed by atoms with Crippen LogP contribution in [0.3, 0.4) is 0 Å². The van der Waals surface area contributed by atoms with E-state index in [1.165, 1.54) is 0 Å². The fourth-order valence-electron chi connectivity index (χ4n) is 1.19. The molecule has 0 fully saturated rings. The van der Waals surface area contributed by atoms with Gasteiger partial charge in [0.1, 0.15) is 0 Å². The smallest absolute Gasteiger partial charge is 0.277 e. The summed E-state index contributed by atoms with van der Waals surface area (Å²) in [5.41, 5.74) is 4.23. The molecule has 0 aliphatic carbocycles. The predicted octanol–water partition coefficient (Wildman–Crippen LogP) is 1.57. The Kier molecular flexibility index (Phi) is 4.73. The molecule has 0 saturated carbocycles. The van der Waals surface area contributed by atoms with Crippen LogP contribution < -0.4 is 11.1 Å². The van der Waals surface area contributed by atoms with Gasteiger partial charge in [-0.2, -0.15) is 0 Å². The third kappa shape index (κ3) is 4.42. The van der Waals surface area contributed by atoms with Gasteiger partial charge in [0.25, 0.3) is 17.5 Å². The molecule has 1 amide bonds. The topological polar surface area (TPSA) is 98.3 Å². The third-order valence-electron chi connectivity index (χ3n) is 2.16. The van der Waals surface area contributed by atoms with Crippen LogP contribution in [0.25, 0.3) is 0 Å².